The molecular formula is C24H20F3N3O7S. The zero-order valence-corrected chi connectivity index (χ0v) is 20.5. The Morgan fingerprint density at radius 2 is 1.63 bits per heavy atom. The first kappa shape index (κ1) is 26.7. The van der Waals surface area contributed by atoms with Gasteiger partial charge >= 0.3 is 17.8 Å². The number of esters is 1. The van der Waals surface area contributed by atoms with Gasteiger partial charge in [0.2, 0.25) is 0 Å². The van der Waals surface area contributed by atoms with Gasteiger partial charge in [0.1, 0.15) is 5.75 Å². The summed E-state index contributed by atoms with van der Waals surface area (Å²) in [5.74, 6) is -7.50. The van der Waals surface area contributed by atoms with Crippen LogP contribution in [0.5, 0.6) is 5.75 Å². The van der Waals surface area contributed by atoms with Crippen molar-refractivity contribution in [3.05, 3.63) is 64.6 Å². The molecule has 0 aliphatic rings. The summed E-state index contributed by atoms with van der Waals surface area (Å²) in [5, 5.41) is 10.8. The Bertz CT molecular complexity index is 1740. The molecule has 14 heteroatoms. The van der Waals surface area contributed by atoms with Gasteiger partial charge in [-0.3, -0.25) is 14.3 Å². The third-order valence-corrected chi connectivity index (χ3v) is 6.89. The van der Waals surface area contributed by atoms with E-state index in [-0.39, 0.29) is 26.9 Å². The second-order valence-corrected chi connectivity index (χ2v) is 10.3. The van der Waals surface area contributed by atoms with E-state index in [0.29, 0.717) is 5.52 Å². The van der Waals surface area contributed by atoms with Gasteiger partial charge in [-0.1, -0.05) is 24.3 Å². The number of hydrogen-bond acceptors (Lipinski definition) is 7. The van der Waals surface area contributed by atoms with Crippen molar-refractivity contribution < 1.29 is 41.0 Å². The number of carbonyl (C=O) groups is 2. The number of alkyl halides is 3. The molecule has 0 aliphatic heterocycles. The number of ether oxygens (including phenoxy) is 1. The van der Waals surface area contributed by atoms with Crippen molar-refractivity contribution in [1.82, 2.24) is 9.97 Å². The average molecular weight is 551 g/mol. The van der Waals surface area contributed by atoms with Crippen LogP contribution < -0.4 is 10.4 Å². The third kappa shape index (κ3) is 5.07. The molecule has 10 nitrogen and oxygen atoms in total. The fourth-order valence-corrected chi connectivity index (χ4v) is 5.00. The van der Waals surface area contributed by atoms with Crippen molar-refractivity contribution in [3.8, 4) is 5.75 Å². The van der Waals surface area contributed by atoms with Crippen LogP contribution >= 0.6 is 0 Å². The van der Waals surface area contributed by atoms with Gasteiger partial charge < -0.3 is 19.8 Å². The number of Topliss-reactive ketones (excluding diaryl/α,β-unsaturated/α-hetero) is 1. The monoisotopic (exact) mass is 551 g/mol. The number of nitrogens with one attached hydrogen (secondary N) is 3. The number of aromatic nitrogens is 2. The summed E-state index contributed by atoms with van der Waals surface area (Å²) >= 11 is 0. The first-order chi connectivity index (χ1) is 17.7. The van der Waals surface area contributed by atoms with E-state index >= 15 is 0 Å². The molecule has 4 rings (SSSR count). The van der Waals surface area contributed by atoms with Crippen LogP contribution in [0.3, 0.4) is 0 Å². The number of halogens is 3. The summed E-state index contributed by atoms with van der Waals surface area (Å²) in [5.41, 5.74) is -1.15. The van der Waals surface area contributed by atoms with Crippen LogP contribution in [0.2, 0.25) is 0 Å². The van der Waals surface area contributed by atoms with Crippen LogP contribution in [-0.2, 0) is 24.3 Å². The molecule has 1 aromatic heterocycles. The molecule has 1 heterocycles. The van der Waals surface area contributed by atoms with Crippen molar-refractivity contribution in [2.75, 3.05) is 4.72 Å². The maximum atomic E-state index is 13.5. The molecule has 0 aliphatic carbocycles. The highest BCUT2D eigenvalue weighted by atomic mass is 32.2. The van der Waals surface area contributed by atoms with E-state index in [9.17, 15) is 41.1 Å². The van der Waals surface area contributed by atoms with Crippen LogP contribution in [0.25, 0.3) is 21.8 Å². The standard InChI is InChI=1S/C24H20F3N3O7S/c1-11(2)37-22(33)19(21(32)24(25,26)27)15-10-17(13-5-3-4-6-14(13)20(15)31)30-38(35,36)12-7-8-16-18(9-12)29-23(34)28-16/h3-11,19,30-31H,1-2H3,(H2,28,29,34)/t19-/m0/s1. The molecule has 0 radical (unpaired) electrons. The quantitative estimate of drug-likeness (QED) is 0.155. The number of carbonyl (C=O) groups excluding carboxylic acids is 2. The molecule has 0 spiro atoms. The van der Waals surface area contributed by atoms with Crippen molar-refractivity contribution in [2.45, 2.75) is 36.9 Å². The highest BCUT2D eigenvalue weighted by molar-refractivity contribution is 7.92. The van der Waals surface area contributed by atoms with Gasteiger partial charge in [0.25, 0.3) is 15.8 Å². The maximum absolute atomic E-state index is 13.5. The van der Waals surface area contributed by atoms with Crippen molar-refractivity contribution in [3.63, 3.8) is 0 Å². The van der Waals surface area contributed by atoms with Gasteiger partial charge in [0.05, 0.1) is 27.7 Å². The number of aromatic hydroxyl groups is 1. The zero-order chi connectivity index (χ0) is 28.0. The molecule has 0 saturated carbocycles. The maximum Gasteiger partial charge on any atom is 0.451 e. The fourth-order valence-electron chi connectivity index (χ4n) is 3.91. The first-order valence-electron chi connectivity index (χ1n) is 11.0. The number of hydrogen-bond donors (Lipinski definition) is 4. The van der Waals surface area contributed by atoms with Gasteiger partial charge in [-0.05, 0) is 38.1 Å². The number of fused-ring (bicyclic) bond motifs is 2. The van der Waals surface area contributed by atoms with E-state index in [4.69, 9.17) is 4.74 Å². The molecule has 0 saturated heterocycles. The third-order valence-electron chi connectivity index (χ3n) is 5.53. The van der Waals surface area contributed by atoms with E-state index < -0.39 is 57.0 Å². The zero-order valence-electron chi connectivity index (χ0n) is 19.7. The number of imidazole rings is 1. The fraction of sp³-hybridized carbons (Fsp3) is 0.208. The molecule has 1 atom stereocenters. The molecule has 4 aromatic rings. The molecule has 0 amide bonds. The Hall–Kier alpha value is -4.33. The van der Waals surface area contributed by atoms with Gasteiger partial charge in [-0.25, -0.2) is 13.2 Å². The predicted octanol–water partition coefficient (Wildman–Crippen LogP) is 3.68. The van der Waals surface area contributed by atoms with E-state index in [1.807, 2.05) is 0 Å². The number of ketones is 1. The van der Waals surface area contributed by atoms with Gasteiger partial charge in [-0.15, -0.1) is 0 Å². The Morgan fingerprint density at radius 1 is 1.00 bits per heavy atom. The molecule has 3 aromatic carbocycles. The number of rotatable bonds is 7. The van der Waals surface area contributed by atoms with Crippen LogP contribution in [0.15, 0.2) is 58.2 Å². The summed E-state index contributed by atoms with van der Waals surface area (Å²) in [6, 6.07) is 10.1. The SMILES string of the molecule is CC(C)OC(=O)[C@H](C(=O)C(F)(F)F)c1cc(NS(=O)(=O)c2ccc3[nH]c(=O)[nH]c3c2)c2ccccc2c1O. The normalized spacial score (nSPS) is 13.1. The molecule has 0 unspecified atom stereocenters. The van der Waals surface area contributed by atoms with Gasteiger partial charge in [-0.2, -0.15) is 13.2 Å². The molecule has 200 valence electrons. The van der Waals surface area contributed by atoms with Gasteiger partial charge in [0, 0.05) is 16.3 Å². The number of benzene rings is 3. The lowest BCUT2D eigenvalue weighted by Gasteiger charge is -2.21. The van der Waals surface area contributed by atoms with Crippen LogP contribution in [0, 0.1) is 0 Å². The van der Waals surface area contributed by atoms with E-state index in [0.717, 1.165) is 12.1 Å². The van der Waals surface area contributed by atoms with Gasteiger partial charge in [0.15, 0.2) is 5.92 Å². The minimum atomic E-state index is -5.47. The first-order valence-corrected chi connectivity index (χ1v) is 12.5. The predicted molar refractivity (Wildman–Crippen MR) is 130 cm³/mol. The number of phenolic OH excluding ortho intramolecular Hbond substituents is 1. The molecule has 4 N–H and O–H groups in total. The Kier molecular flexibility index (Phi) is 6.69. The van der Waals surface area contributed by atoms with Crippen molar-refractivity contribution >= 4 is 49.3 Å². The Labute approximate surface area is 212 Å². The number of sulfonamides is 1. The second kappa shape index (κ2) is 9.52. The summed E-state index contributed by atoms with van der Waals surface area (Å²) in [6.45, 7) is 2.72. The largest absolute Gasteiger partial charge is 0.507 e. The molecular weight excluding hydrogens is 531 g/mol. The lowest BCUT2D eigenvalue weighted by molar-refractivity contribution is -0.178. The van der Waals surface area contributed by atoms with E-state index in [2.05, 4.69) is 14.7 Å². The molecule has 0 fully saturated rings. The minimum absolute atomic E-state index is 0.0730. The van der Waals surface area contributed by atoms with E-state index in [1.165, 1.54) is 50.2 Å². The van der Waals surface area contributed by atoms with Crippen LogP contribution in [0.1, 0.15) is 25.3 Å². The second-order valence-electron chi connectivity index (χ2n) is 8.58. The summed E-state index contributed by atoms with van der Waals surface area (Å²) in [7, 11) is -4.42. The lowest BCUT2D eigenvalue weighted by atomic mass is 9.90. The van der Waals surface area contributed by atoms with Crippen LogP contribution in [-0.4, -0.2) is 47.5 Å². The highest BCUT2D eigenvalue weighted by Gasteiger charge is 2.49. The number of H-pyrrole nitrogens is 2. The van der Waals surface area contributed by atoms with Crippen LogP contribution in [0.4, 0.5) is 18.9 Å². The summed E-state index contributed by atoms with van der Waals surface area (Å²) in [4.78, 5) is 41.1. The number of anilines is 1. The molecule has 0 bridgehead atoms. The summed E-state index contributed by atoms with van der Waals surface area (Å²) < 4.78 is 74.0. The highest BCUT2D eigenvalue weighted by Crippen LogP contribution is 2.41. The van der Waals surface area contributed by atoms with E-state index in [1.54, 1.807) is 0 Å². The minimum Gasteiger partial charge on any atom is -0.507 e. The topological polar surface area (TPSA) is 158 Å². The van der Waals surface area contributed by atoms with Crippen molar-refractivity contribution in [2.24, 2.45) is 0 Å². The lowest BCUT2D eigenvalue weighted by Crippen LogP contribution is -2.35. The molecule has 38 heavy (non-hydrogen) atoms. The number of phenols is 1. The number of aromatic amines is 2. The van der Waals surface area contributed by atoms with Crippen molar-refractivity contribution in [1.29, 1.82) is 0 Å². The average Bonchev–Trinajstić information content (AvgIpc) is 3.20. The Balaban J connectivity index is 1.90. The Morgan fingerprint density at radius 3 is 2.26 bits per heavy atom. The summed E-state index contributed by atoms with van der Waals surface area (Å²) in [6.07, 6.45) is -6.36. The smallest absolute Gasteiger partial charge is 0.451 e.